The van der Waals surface area contributed by atoms with Crippen molar-refractivity contribution in [3.8, 4) is 0 Å². The van der Waals surface area contributed by atoms with E-state index in [1.807, 2.05) is 84.4 Å². The van der Waals surface area contributed by atoms with E-state index in [4.69, 9.17) is 0 Å². The van der Waals surface area contributed by atoms with Crippen LogP contribution >= 0.6 is 0 Å². The number of hydrogen-bond donors (Lipinski definition) is 0. The maximum Gasteiger partial charge on any atom is 0.207 e. The minimum Gasteiger partial charge on any atom is -0.383 e. The van der Waals surface area contributed by atoms with Crippen LogP contribution in [-0.2, 0) is 5.54 Å². The first kappa shape index (κ1) is 20.4. The number of imidazole rings is 1. The molecule has 4 heteroatoms. The maximum atomic E-state index is 12.7. The van der Waals surface area contributed by atoms with Crippen LogP contribution in [0.1, 0.15) is 27.2 Å². The van der Waals surface area contributed by atoms with Gasteiger partial charge in [0.25, 0.3) is 0 Å². The number of ketones is 1. The zero-order valence-electron chi connectivity index (χ0n) is 17.7. The summed E-state index contributed by atoms with van der Waals surface area (Å²) in [4.78, 5) is 19.0. The molecule has 0 amide bonds. The number of nitrogens with zero attached hydrogens (tertiary/aromatic N) is 3. The Morgan fingerprint density at radius 3 is 1.68 bits per heavy atom. The highest BCUT2D eigenvalue weighted by molar-refractivity contribution is 6.02. The van der Waals surface area contributed by atoms with Gasteiger partial charge in [-0.3, -0.25) is 4.79 Å². The van der Waals surface area contributed by atoms with Gasteiger partial charge < -0.3 is 9.47 Å². The molecule has 0 unspecified atom stereocenters. The third kappa shape index (κ3) is 3.92. The predicted octanol–water partition coefficient (Wildman–Crippen LogP) is 4.98. The molecule has 31 heavy (non-hydrogen) atoms. The van der Waals surface area contributed by atoms with E-state index < -0.39 is 5.54 Å². The minimum atomic E-state index is -0.666. The van der Waals surface area contributed by atoms with Crippen LogP contribution in [0.2, 0.25) is 0 Å². The lowest BCUT2D eigenvalue weighted by atomic mass is 9.77. The first-order chi connectivity index (χ1) is 15.1. The normalized spacial score (nSPS) is 11.5. The van der Waals surface area contributed by atoms with Crippen LogP contribution in [0.3, 0.4) is 0 Å². The summed E-state index contributed by atoms with van der Waals surface area (Å²) in [5.74, 6) is -0.129. The van der Waals surface area contributed by atoms with Gasteiger partial charge in [0.2, 0.25) is 5.78 Å². The highest BCUT2D eigenvalue weighted by atomic mass is 16.1. The maximum absolute atomic E-state index is 12.7. The van der Waals surface area contributed by atoms with Gasteiger partial charge in [0.1, 0.15) is 11.2 Å². The van der Waals surface area contributed by atoms with Gasteiger partial charge in [-0.15, -0.1) is 0 Å². The van der Waals surface area contributed by atoms with Crippen molar-refractivity contribution in [1.29, 1.82) is 0 Å². The standard InChI is InChI=1S/C27H25N3O/c1-29(2)19-18-26(31)25-20-30(21-28-25)27(22-12-6-3-7-13-22,23-14-8-4-9-15-23)24-16-10-5-11-17-24/h3-21H,1-2H3/b19-18+. The van der Waals surface area contributed by atoms with E-state index in [-0.39, 0.29) is 5.78 Å². The molecule has 0 aliphatic rings. The number of rotatable bonds is 7. The molecule has 154 valence electrons. The molecule has 4 aromatic rings. The summed E-state index contributed by atoms with van der Waals surface area (Å²) >= 11 is 0. The van der Waals surface area contributed by atoms with Crippen molar-refractivity contribution in [2.75, 3.05) is 14.1 Å². The second kappa shape index (κ2) is 8.84. The molecule has 3 aromatic carbocycles. The third-order valence-electron chi connectivity index (χ3n) is 5.32. The van der Waals surface area contributed by atoms with E-state index in [0.717, 1.165) is 16.7 Å². The molecule has 0 N–H and O–H groups in total. The highest BCUT2D eigenvalue weighted by Crippen LogP contribution is 2.40. The fourth-order valence-corrected chi connectivity index (χ4v) is 3.92. The van der Waals surface area contributed by atoms with Crippen molar-refractivity contribution >= 4 is 5.78 Å². The molecule has 4 nitrogen and oxygen atoms in total. The molecule has 0 aliphatic carbocycles. The second-order valence-corrected chi connectivity index (χ2v) is 7.62. The van der Waals surface area contributed by atoms with E-state index >= 15 is 0 Å². The molecule has 0 bridgehead atoms. The Hall–Kier alpha value is -3.92. The van der Waals surface area contributed by atoms with Crippen LogP contribution in [0.25, 0.3) is 0 Å². The largest absolute Gasteiger partial charge is 0.383 e. The van der Waals surface area contributed by atoms with Crippen LogP contribution < -0.4 is 0 Å². The third-order valence-corrected chi connectivity index (χ3v) is 5.32. The highest BCUT2D eigenvalue weighted by Gasteiger charge is 2.38. The van der Waals surface area contributed by atoms with Crippen LogP contribution in [0, 0.1) is 0 Å². The first-order valence-corrected chi connectivity index (χ1v) is 10.2. The Morgan fingerprint density at radius 1 is 0.806 bits per heavy atom. The van der Waals surface area contributed by atoms with Crippen molar-refractivity contribution in [2.24, 2.45) is 0 Å². The van der Waals surface area contributed by atoms with Crippen LogP contribution in [0.4, 0.5) is 0 Å². The molecule has 0 aliphatic heterocycles. The van der Waals surface area contributed by atoms with Crippen LogP contribution in [0.15, 0.2) is 116 Å². The Morgan fingerprint density at radius 2 is 1.26 bits per heavy atom. The average molecular weight is 408 g/mol. The minimum absolute atomic E-state index is 0.129. The van der Waals surface area contributed by atoms with E-state index in [1.54, 1.807) is 18.6 Å². The Labute approximate surface area is 183 Å². The van der Waals surface area contributed by atoms with Crippen LogP contribution in [-0.4, -0.2) is 34.3 Å². The van der Waals surface area contributed by atoms with E-state index in [2.05, 4.69) is 41.4 Å². The molecule has 1 heterocycles. The smallest absolute Gasteiger partial charge is 0.207 e. The number of allylic oxidation sites excluding steroid dienone is 1. The lowest BCUT2D eigenvalue weighted by Gasteiger charge is -2.37. The van der Waals surface area contributed by atoms with Gasteiger partial charge in [-0.1, -0.05) is 91.0 Å². The molecule has 4 rings (SSSR count). The van der Waals surface area contributed by atoms with Gasteiger partial charge in [-0.05, 0) is 16.7 Å². The summed E-state index contributed by atoms with van der Waals surface area (Å²) in [5, 5.41) is 0. The van der Waals surface area contributed by atoms with Gasteiger partial charge in [-0.2, -0.15) is 0 Å². The average Bonchev–Trinajstić information content (AvgIpc) is 3.31. The van der Waals surface area contributed by atoms with Crippen molar-refractivity contribution in [1.82, 2.24) is 14.5 Å². The quantitative estimate of drug-likeness (QED) is 0.246. The van der Waals surface area contributed by atoms with Gasteiger partial charge in [0.15, 0.2) is 0 Å². The van der Waals surface area contributed by atoms with E-state index in [9.17, 15) is 4.79 Å². The van der Waals surface area contributed by atoms with Crippen molar-refractivity contribution in [2.45, 2.75) is 5.54 Å². The number of aromatic nitrogens is 2. The number of benzene rings is 3. The Kier molecular flexibility index (Phi) is 5.80. The fourth-order valence-electron chi connectivity index (χ4n) is 3.92. The number of carbonyl (C=O) groups excluding carboxylic acids is 1. The van der Waals surface area contributed by atoms with Crippen LogP contribution in [0.5, 0.6) is 0 Å². The molecule has 1 aromatic heterocycles. The molecular weight excluding hydrogens is 382 g/mol. The molecule has 0 atom stereocenters. The summed E-state index contributed by atoms with van der Waals surface area (Å²) in [6.07, 6.45) is 6.88. The van der Waals surface area contributed by atoms with Gasteiger partial charge >= 0.3 is 0 Å². The Balaban J connectivity index is 1.97. The topological polar surface area (TPSA) is 38.1 Å². The Bertz CT molecular complexity index is 1070. The van der Waals surface area contributed by atoms with Crippen molar-refractivity contribution in [3.05, 3.63) is 138 Å². The predicted molar refractivity (Wildman–Crippen MR) is 124 cm³/mol. The summed E-state index contributed by atoms with van der Waals surface area (Å²) in [7, 11) is 3.77. The first-order valence-electron chi connectivity index (χ1n) is 10.2. The molecule has 0 spiro atoms. The second-order valence-electron chi connectivity index (χ2n) is 7.62. The van der Waals surface area contributed by atoms with Crippen molar-refractivity contribution < 1.29 is 4.79 Å². The lowest BCUT2D eigenvalue weighted by Crippen LogP contribution is -2.37. The zero-order valence-corrected chi connectivity index (χ0v) is 17.7. The summed E-state index contributed by atoms with van der Waals surface area (Å²) < 4.78 is 2.05. The SMILES string of the molecule is CN(C)/C=C/C(=O)c1cn(C(c2ccccc2)(c2ccccc2)c2ccccc2)cn1. The summed E-state index contributed by atoms with van der Waals surface area (Å²) in [6.45, 7) is 0. The van der Waals surface area contributed by atoms with E-state index in [1.165, 1.54) is 0 Å². The van der Waals surface area contributed by atoms with Crippen molar-refractivity contribution in [3.63, 3.8) is 0 Å². The molecule has 0 saturated carbocycles. The van der Waals surface area contributed by atoms with Gasteiger partial charge in [0, 0.05) is 32.6 Å². The monoisotopic (exact) mass is 407 g/mol. The van der Waals surface area contributed by atoms with Gasteiger partial charge in [0.05, 0.1) is 6.33 Å². The van der Waals surface area contributed by atoms with Gasteiger partial charge in [-0.25, -0.2) is 4.98 Å². The fraction of sp³-hybridized carbons (Fsp3) is 0.111. The number of carbonyl (C=O) groups is 1. The van der Waals surface area contributed by atoms with E-state index in [0.29, 0.717) is 5.69 Å². The lowest BCUT2D eigenvalue weighted by molar-refractivity contribution is 0.104. The summed E-state index contributed by atoms with van der Waals surface area (Å²) in [6, 6.07) is 31.0. The number of hydrogen-bond acceptors (Lipinski definition) is 3. The molecular formula is C27H25N3O. The molecule has 0 fully saturated rings. The molecule has 0 radical (unpaired) electrons. The molecule has 0 saturated heterocycles. The summed E-state index contributed by atoms with van der Waals surface area (Å²) in [5.41, 5.74) is 3.01. The zero-order chi connectivity index (χ0) is 21.7.